The van der Waals surface area contributed by atoms with Crippen LogP contribution in [-0.4, -0.2) is 31.1 Å². The van der Waals surface area contributed by atoms with Crippen LogP contribution in [0.4, 0.5) is 0 Å². The third kappa shape index (κ3) is 3.76. The first-order chi connectivity index (χ1) is 12.9. The molecule has 2 aromatic heterocycles. The predicted molar refractivity (Wildman–Crippen MR) is 105 cm³/mol. The van der Waals surface area contributed by atoms with Crippen molar-refractivity contribution in [2.45, 2.75) is 64.5 Å². The number of nitrogens with zero attached hydrogens (tertiary/aromatic N) is 5. The van der Waals surface area contributed by atoms with Gasteiger partial charge in [0.15, 0.2) is 11.2 Å². The van der Waals surface area contributed by atoms with Crippen molar-refractivity contribution < 1.29 is 4.74 Å². The first-order valence-electron chi connectivity index (χ1n) is 9.43. The number of hydrogen-bond acceptors (Lipinski definition) is 5. The van der Waals surface area contributed by atoms with Gasteiger partial charge in [0.2, 0.25) is 5.88 Å². The molecule has 0 aliphatic heterocycles. The lowest BCUT2D eigenvalue weighted by Crippen LogP contribution is -2.19. The summed E-state index contributed by atoms with van der Waals surface area (Å²) < 4.78 is 7.99. The van der Waals surface area contributed by atoms with Gasteiger partial charge in [-0.3, -0.25) is 0 Å². The molecule has 1 aliphatic rings. The van der Waals surface area contributed by atoms with E-state index in [0.717, 1.165) is 24.2 Å². The summed E-state index contributed by atoms with van der Waals surface area (Å²) in [4.78, 5) is 9.47. The summed E-state index contributed by atoms with van der Waals surface area (Å²) >= 11 is 6.32. The highest BCUT2D eigenvalue weighted by Crippen LogP contribution is 2.30. The third-order valence-electron chi connectivity index (χ3n) is 4.86. The van der Waals surface area contributed by atoms with Crippen molar-refractivity contribution in [2.75, 3.05) is 0 Å². The van der Waals surface area contributed by atoms with E-state index < -0.39 is 0 Å². The van der Waals surface area contributed by atoms with Crippen LogP contribution in [-0.2, 0) is 12.0 Å². The highest BCUT2D eigenvalue weighted by molar-refractivity contribution is 6.31. The van der Waals surface area contributed by atoms with Crippen LogP contribution in [0.5, 0.6) is 5.88 Å². The average Bonchev–Trinajstić information content (AvgIpc) is 3.26. The molecule has 6 nitrogen and oxygen atoms in total. The molecule has 1 saturated carbocycles. The molecule has 142 valence electrons. The van der Waals surface area contributed by atoms with E-state index in [2.05, 4.69) is 31.1 Å². The summed E-state index contributed by atoms with van der Waals surface area (Å²) in [7, 11) is 0. The standard InChI is InChI=1S/C20H24ClN5O/c1-20(2,3)19-22-17-16(18(23-19)27-14-9-5-6-10-14)24-25-26(17)12-13-8-4-7-11-15(13)21/h4,7-8,11,14H,5-6,9-10,12H2,1-3H3. The quantitative estimate of drug-likeness (QED) is 0.659. The lowest BCUT2D eigenvalue weighted by molar-refractivity contribution is 0.202. The first-order valence-corrected chi connectivity index (χ1v) is 9.81. The Balaban J connectivity index is 1.78. The molecule has 0 unspecified atom stereocenters. The van der Waals surface area contributed by atoms with Gasteiger partial charge >= 0.3 is 0 Å². The van der Waals surface area contributed by atoms with Crippen molar-refractivity contribution >= 4 is 22.8 Å². The van der Waals surface area contributed by atoms with E-state index in [1.807, 2.05) is 24.3 Å². The fourth-order valence-electron chi connectivity index (χ4n) is 3.31. The van der Waals surface area contributed by atoms with Gasteiger partial charge in [0.05, 0.1) is 6.54 Å². The average molecular weight is 386 g/mol. The van der Waals surface area contributed by atoms with Gasteiger partial charge in [-0.15, -0.1) is 5.10 Å². The van der Waals surface area contributed by atoms with E-state index in [9.17, 15) is 0 Å². The maximum absolute atomic E-state index is 6.32. The maximum Gasteiger partial charge on any atom is 0.248 e. The molecule has 0 N–H and O–H groups in total. The van der Waals surface area contributed by atoms with Gasteiger partial charge in [0.25, 0.3) is 0 Å². The Morgan fingerprint density at radius 2 is 1.89 bits per heavy atom. The minimum absolute atomic E-state index is 0.199. The largest absolute Gasteiger partial charge is 0.473 e. The molecule has 0 amide bonds. The van der Waals surface area contributed by atoms with Crippen LogP contribution in [0.3, 0.4) is 0 Å². The summed E-state index contributed by atoms with van der Waals surface area (Å²) in [5.74, 6) is 1.27. The second-order valence-electron chi connectivity index (χ2n) is 8.14. The smallest absolute Gasteiger partial charge is 0.248 e. The zero-order chi connectivity index (χ0) is 19.0. The molecule has 4 rings (SSSR count). The molecule has 1 fully saturated rings. The van der Waals surface area contributed by atoms with Gasteiger partial charge < -0.3 is 4.74 Å². The molecule has 2 heterocycles. The number of benzene rings is 1. The molecule has 0 saturated heterocycles. The fraction of sp³-hybridized carbons (Fsp3) is 0.500. The van der Waals surface area contributed by atoms with Gasteiger partial charge in [0, 0.05) is 10.4 Å². The van der Waals surface area contributed by atoms with E-state index in [-0.39, 0.29) is 11.5 Å². The first kappa shape index (κ1) is 18.2. The highest BCUT2D eigenvalue weighted by Gasteiger charge is 2.26. The van der Waals surface area contributed by atoms with Crippen LogP contribution >= 0.6 is 11.6 Å². The van der Waals surface area contributed by atoms with Crippen LogP contribution in [0.15, 0.2) is 24.3 Å². The molecule has 0 atom stereocenters. The highest BCUT2D eigenvalue weighted by atomic mass is 35.5. The van der Waals surface area contributed by atoms with Crippen LogP contribution in [0.2, 0.25) is 5.02 Å². The lowest BCUT2D eigenvalue weighted by Gasteiger charge is -2.19. The van der Waals surface area contributed by atoms with E-state index in [0.29, 0.717) is 28.6 Å². The zero-order valence-electron chi connectivity index (χ0n) is 15.9. The molecule has 1 aromatic carbocycles. The molecule has 27 heavy (non-hydrogen) atoms. The molecule has 7 heteroatoms. The number of halogens is 1. The summed E-state index contributed by atoms with van der Waals surface area (Å²) in [6.45, 7) is 6.78. The molecular formula is C20H24ClN5O. The Bertz CT molecular complexity index is 957. The van der Waals surface area contributed by atoms with E-state index >= 15 is 0 Å². The Morgan fingerprint density at radius 1 is 1.15 bits per heavy atom. The summed E-state index contributed by atoms with van der Waals surface area (Å²) in [5, 5.41) is 9.35. The predicted octanol–water partition coefficient (Wildman–Crippen LogP) is 4.54. The lowest BCUT2D eigenvalue weighted by atomic mass is 9.96. The van der Waals surface area contributed by atoms with Gasteiger partial charge in [-0.1, -0.05) is 55.8 Å². The SMILES string of the molecule is CC(C)(C)c1nc(OC2CCCC2)c2nnn(Cc3ccccc3Cl)c2n1. The van der Waals surface area contributed by atoms with Crippen molar-refractivity contribution in [3.8, 4) is 5.88 Å². The van der Waals surface area contributed by atoms with Crippen molar-refractivity contribution in [1.82, 2.24) is 25.0 Å². The van der Waals surface area contributed by atoms with E-state index in [4.69, 9.17) is 26.3 Å². The number of fused-ring (bicyclic) bond motifs is 1. The van der Waals surface area contributed by atoms with Crippen molar-refractivity contribution in [3.63, 3.8) is 0 Å². The Labute approximate surface area is 163 Å². The molecule has 0 spiro atoms. The van der Waals surface area contributed by atoms with E-state index in [1.165, 1.54) is 12.8 Å². The third-order valence-corrected chi connectivity index (χ3v) is 5.23. The molecule has 3 aromatic rings. The number of ether oxygens (including phenoxy) is 1. The molecular weight excluding hydrogens is 362 g/mol. The molecule has 0 bridgehead atoms. The summed E-state index contributed by atoms with van der Waals surface area (Å²) in [6, 6.07) is 7.74. The van der Waals surface area contributed by atoms with Gasteiger partial charge in [-0.05, 0) is 37.3 Å². The van der Waals surface area contributed by atoms with Gasteiger partial charge in [-0.2, -0.15) is 4.98 Å². The Morgan fingerprint density at radius 3 is 2.59 bits per heavy atom. The second kappa shape index (κ2) is 7.08. The molecule has 1 aliphatic carbocycles. The fourth-order valence-corrected chi connectivity index (χ4v) is 3.50. The normalized spacial score (nSPS) is 15.6. The van der Waals surface area contributed by atoms with Crippen molar-refractivity contribution in [2.24, 2.45) is 0 Å². The van der Waals surface area contributed by atoms with Gasteiger partial charge in [0.1, 0.15) is 11.9 Å². The van der Waals surface area contributed by atoms with Crippen LogP contribution < -0.4 is 4.74 Å². The number of hydrogen-bond donors (Lipinski definition) is 0. The maximum atomic E-state index is 6.32. The number of rotatable bonds is 4. The van der Waals surface area contributed by atoms with Crippen LogP contribution in [0.1, 0.15) is 57.8 Å². The Kier molecular flexibility index (Phi) is 4.76. The zero-order valence-corrected chi connectivity index (χ0v) is 16.7. The number of aromatic nitrogens is 5. The van der Waals surface area contributed by atoms with Crippen LogP contribution in [0.25, 0.3) is 11.2 Å². The van der Waals surface area contributed by atoms with Gasteiger partial charge in [-0.25, -0.2) is 9.67 Å². The topological polar surface area (TPSA) is 65.7 Å². The minimum Gasteiger partial charge on any atom is -0.473 e. The Hall–Kier alpha value is -2.21. The van der Waals surface area contributed by atoms with E-state index in [1.54, 1.807) is 4.68 Å². The second-order valence-corrected chi connectivity index (χ2v) is 8.54. The van der Waals surface area contributed by atoms with Crippen molar-refractivity contribution in [1.29, 1.82) is 0 Å². The summed E-state index contributed by atoms with van der Waals surface area (Å²) in [5.41, 5.74) is 2.06. The van der Waals surface area contributed by atoms with Crippen LogP contribution in [0, 0.1) is 0 Å². The summed E-state index contributed by atoms with van der Waals surface area (Å²) in [6.07, 6.45) is 4.72. The monoisotopic (exact) mass is 385 g/mol. The van der Waals surface area contributed by atoms with Crippen molar-refractivity contribution in [3.05, 3.63) is 40.7 Å². The molecule has 0 radical (unpaired) electrons. The minimum atomic E-state index is -0.207.